The molecule has 0 saturated carbocycles. The van der Waals surface area contributed by atoms with Crippen LogP contribution in [0.25, 0.3) is 10.6 Å². The van der Waals surface area contributed by atoms with Crippen LogP contribution in [0.2, 0.25) is 0 Å². The van der Waals surface area contributed by atoms with Gasteiger partial charge < -0.3 is 5.11 Å². The second-order valence-corrected chi connectivity index (χ2v) is 8.21. The number of thiophene rings is 1. The number of hydrogen-bond acceptors (Lipinski definition) is 5. The van der Waals surface area contributed by atoms with Gasteiger partial charge in [0, 0.05) is 5.38 Å². The van der Waals surface area contributed by atoms with E-state index in [0.29, 0.717) is 0 Å². The Morgan fingerprint density at radius 1 is 1.00 bits per heavy atom. The van der Waals surface area contributed by atoms with Crippen molar-refractivity contribution < 1.29 is 5.11 Å². The van der Waals surface area contributed by atoms with Crippen LogP contribution < -0.4 is 4.80 Å². The van der Waals surface area contributed by atoms with Crippen LogP contribution in [0.3, 0.4) is 0 Å². The Hall–Kier alpha value is -2.96. The van der Waals surface area contributed by atoms with Crippen molar-refractivity contribution in [2.24, 2.45) is 10.1 Å². The Balaban J connectivity index is 1.84. The summed E-state index contributed by atoms with van der Waals surface area (Å²) >= 11 is 3.25. The summed E-state index contributed by atoms with van der Waals surface area (Å²) in [5, 5.41) is 18.3. The largest absolute Gasteiger partial charge is 0.508 e. The van der Waals surface area contributed by atoms with Crippen LogP contribution in [-0.4, -0.2) is 16.0 Å². The van der Waals surface area contributed by atoms with E-state index in [1.165, 1.54) is 5.56 Å². The SMILES string of the molecule is Cc1ccc(C)c(N=c2scc(-c3cccs3)n2N=Cc2ccc(O)cc2)c1. The molecule has 2 heterocycles. The van der Waals surface area contributed by atoms with Crippen LogP contribution >= 0.6 is 22.7 Å². The molecule has 4 aromatic rings. The van der Waals surface area contributed by atoms with Gasteiger partial charge in [-0.1, -0.05) is 18.2 Å². The summed E-state index contributed by atoms with van der Waals surface area (Å²) in [6.07, 6.45) is 1.78. The molecular formula is C22H19N3OS2. The van der Waals surface area contributed by atoms with Gasteiger partial charge in [0.2, 0.25) is 4.80 Å². The predicted molar refractivity (Wildman–Crippen MR) is 118 cm³/mol. The first kappa shape index (κ1) is 18.4. The van der Waals surface area contributed by atoms with Gasteiger partial charge in [0.05, 0.1) is 22.5 Å². The van der Waals surface area contributed by atoms with Crippen molar-refractivity contribution in [3.8, 4) is 16.3 Å². The number of aryl methyl sites for hydroxylation is 2. The maximum absolute atomic E-state index is 9.47. The molecule has 0 unspecified atom stereocenters. The molecule has 2 aromatic carbocycles. The summed E-state index contributed by atoms with van der Waals surface area (Å²) in [6, 6.07) is 17.4. The molecule has 0 saturated heterocycles. The fourth-order valence-corrected chi connectivity index (χ4v) is 4.35. The number of aromatic nitrogens is 1. The average molecular weight is 406 g/mol. The number of thiazole rings is 1. The van der Waals surface area contributed by atoms with Crippen molar-refractivity contribution in [3.63, 3.8) is 0 Å². The topological polar surface area (TPSA) is 49.9 Å². The van der Waals surface area contributed by atoms with Crippen LogP contribution in [0.4, 0.5) is 5.69 Å². The molecule has 0 radical (unpaired) electrons. The summed E-state index contributed by atoms with van der Waals surface area (Å²) in [6.45, 7) is 4.14. The van der Waals surface area contributed by atoms with Crippen LogP contribution in [0.15, 0.2) is 75.5 Å². The summed E-state index contributed by atoms with van der Waals surface area (Å²) < 4.78 is 1.88. The highest BCUT2D eigenvalue weighted by Crippen LogP contribution is 2.26. The van der Waals surface area contributed by atoms with Crippen LogP contribution in [0.5, 0.6) is 5.75 Å². The first-order valence-electron chi connectivity index (χ1n) is 8.80. The predicted octanol–water partition coefficient (Wildman–Crippen LogP) is 5.72. The summed E-state index contributed by atoms with van der Waals surface area (Å²) in [5.41, 5.74) is 5.18. The smallest absolute Gasteiger partial charge is 0.211 e. The fourth-order valence-electron chi connectivity index (χ4n) is 2.71. The lowest BCUT2D eigenvalue weighted by Gasteiger charge is -2.03. The van der Waals surface area contributed by atoms with Crippen molar-refractivity contribution in [1.82, 2.24) is 4.68 Å². The molecule has 1 N–H and O–H groups in total. The number of phenolic OH excluding ortho intramolecular Hbond substituents is 1. The minimum Gasteiger partial charge on any atom is -0.508 e. The van der Waals surface area contributed by atoms with E-state index >= 15 is 0 Å². The molecule has 28 heavy (non-hydrogen) atoms. The molecule has 4 nitrogen and oxygen atoms in total. The number of hydrogen-bond donors (Lipinski definition) is 1. The van der Waals surface area contributed by atoms with Gasteiger partial charge in [-0.3, -0.25) is 0 Å². The molecular weight excluding hydrogens is 386 g/mol. The fraction of sp³-hybridized carbons (Fsp3) is 0.0909. The maximum atomic E-state index is 9.47. The van der Waals surface area contributed by atoms with Gasteiger partial charge >= 0.3 is 0 Å². The van der Waals surface area contributed by atoms with Gasteiger partial charge in [-0.05, 0) is 72.3 Å². The van der Waals surface area contributed by atoms with Crippen molar-refractivity contribution >= 4 is 34.6 Å². The van der Waals surface area contributed by atoms with Gasteiger partial charge in [-0.25, -0.2) is 9.67 Å². The van der Waals surface area contributed by atoms with Crippen LogP contribution in [0.1, 0.15) is 16.7 Å². The van der Waals surface area contributed by atoms with Gasteiger partial charge in [-0.2, -0.15) is 5.10 Å². The highest BCUT2D eigenvalue weighted by molar-refractivity contribution is 7.14. The zero-order valence-electron chi connectivity index (χ0n) is 15.5. The quantitative estimate of drug-likeness (QED) is 0.434. The van der Waals surface area contributed by atoms with Crippen LogP contribution in [-0.2, 0) is 0 Å². The van der Waals surface area contributed by atoms with E-state index in [-0.39, 0.29) is 5.75 Å². The Morgan fingerprint density at radius 3 is 2.57 bits per heavy atom. The number of rotatable bonds is 4. The van der Waals surface area contributed by atoms with Crippen molar-refractivity contribution in [2.75, 3.05) is 0 Å². The summed E-state index contributed by atoms with van der Waals surface area (Å²) in [4.78, 5) is 6.84. The second-order valence-electron chi connectivity index (χ2n) is 6.43. The highest BCUT2D eigenvalue weighted by Gasteiger charge is 2.09. The molecule has 0 bridgehead atoms. The minimum absolute atomic E-state index is 0.241. The molecule has 0 aliphatic heterocycles. The molecule has 0 aliphatic rings. The standard InChI is InChI=1S/C22H19N3OS2/c1-15-5-6-16(2)19(12-15)24-22-25(20(14-28-22)21-4-3-11-27-21)23-13-17-7-9-18(26)10-8-17/h3-14,26H,1-2H3. The third kappa shape index (κ3) is 3.98. The van der Waals surface area contributed by atoms with E-state index in [9.17, 15) is 5.11 Å². The lowest BCUT2D eigenvalue weighted by atomic mass is 10.1. The average Bonchev–Trinajstić information content (AvgIpc) is 3.34. The summed E-state index contributed by atoms with van der Waals surface area (Å²) in [7, 11) is 0. The summed E-state index contributed by atoms with van der Waals surface area (Å²) in [5.74, 6) is 0.241. The molecule has 2 aromatic heterocycles. The molecule has 0 atom stereocenters. The Bertz CT molecular complexity index is 1180. The first-order chi connectivity index (χ1) is 13.6. The molecule has 0 amide bonds. The lowest BCUT2D eigenvalue weighted by Crippen LogP contribution is -2.11. The van der Waals surface area contributed by atoms with Gasteiger partial charge in [0.15, 0.2) is 0 Å². The lowest BCUT2D eigenvalue weighted by molar-refractivity contribution is 0.475. The minimum atomic E-state index is 0.241. The molecule has 4 rings (SSSR count). The molecule has 0 spiro atoms. The van der Waals surface area contributed by atoms with E-state index < -0.39 is 0 Å². The normalized spacial score (nSPS) is 12.1. The number of aromatic hydroxyl groups is 1. The van der Waals surface area contributed by atoms with E-state index in [1.54, 1.807) is 41.0 Å². The Kier molecular flexibility index (Phi) is 5.23. The maximum Gasteiger partial charge on any atom is 0.211 e. The molecule has 140 valence electrons. The van der Waals surface area contributed by atoms with Gasteiger partial charge in [0.1, 0.15) is 5.75 Å². The third-order valence-electron chi connectivity index (χ3n) is 4.26. The van der Waals surface area contributed by atoms with E-state index in [2.05, 4.69) is 48.9 Å². The van der Waals surface area contributed by atoms with E-state index in [4.69, 9.17) is 10.1 Å². The number of benzene rings is 2. The van der Waals surface area contributed by atoms with E-state index in [0.717, 1.165) is 32.2 Å². The monoisotopic (exact) mass is 405 g/mol. The molecule has 0 aliphatic carbocycles. The zero-order chi connectivity index (χ0) is 19.5. The second kappa shape index (κ2) is 7.96. The molecule has 6 heteroatoms. The van der Waals surface area contributed by atoms with Crippen LogP contribution in [0, 0.1) is 13.8 Å². The number of nitrogens with zero attached hydrogens (tertiary/aromatic N) is 3. The van der Waals surface area contributed by atoms with Crippen molar-refractivity contribution in [1.29, 1.82) is 0 Å². The Labute approximate surface area is 171 Å². The van der Waals surface area contributed by atoms with Crippen molar-refractivity contribution in [2.45, 2.75) is 13.8 Å². The third-order valence-corrected chi connectivity index (χ3v) is 5.96. The van der Waals surface area contributed by atoms with E-state index in [1.807, 2.05) is 22.9 Å². The Morgan fingerprint density at radius 2 is 1.82 bits per heavy atom. The van der Waals surface area contributed by atoms with Crippen molar-refractivity contribution in [3.05, 3.63) is 86.8 Å². The first-order valence-corrected chi connectivity index (χ1v) is 10.6. The van der Waals surface area contributed by atoms with Gasteiger partial charge in [0.25, 0.3) is 0 Å². The number of phenols is 1. The highest BCUT2D eigenvalue weighted by atomic mass is 32.1. The zero-order valence-corrected chi connectivity index (χ0v) is 17.2. The molecule has 0 fully saturated rings. The van der Waals surface area contributed by atoms with Gasteiger partial charge in [-0.15, -0.1) is 22.7 Å².